The van der Waals surface area contributed by atoms with Crippen molar-refractivity contribution in [3.63, 3.8) is 0 Å². The van der Waals surface area contributed by atoms with Gasteiger partial charge in [-0.05, 0) is 30.9 Å². The maximum atomic E-state index is 12.4. The van der Waals surface area contributed by atoms with Gasteiger partial charge in [-0.3, -0.25) is 4.79 Å². The van der Waals surface area contributed by atoms with E-state index in [4.69, 9.17) is 5.73 Å². The lowest BCUT2D eigenvalue weighted by Gasteiger charge is -2.17. The van der Waals surface area contributed by atoms with Gasteiger partial charge < -0.3 is 11.1 Å². The minimum Gasteiger partial charge on any atom is -0.351 e. The van der Waals surface area contributed by atoms with Crippen molar-refractivity contribution in [2.24, 2.45) is 5.73 Å². The summed E-state index contributed by atoms with van der Waals surface area (Å²) in [7, 11) is -3.29. The van der Waals surface area contributed by atoms with Crippen LogP contribution in [0.1, 0.15) is 30.9 Å². The van der Waals surface area contributed by atoms with Gasteiger partial charge in [0.25, 0.3) is 0 Å². The number of sulfonamides is 1. The van der Waals surface area contributed by atoms with E-state index in [0.717, 1.165) is 24.0 Å². The Hall–Kier alpha value is -1.15. The van der Waals surface area contributed by atoms with Gasteiger partial charge in [0.2, 0.25) is 15.9 Å². The Morgan fingerprint density at radius 2 is 1.83 bits per heavy atom. The molecule has 1 atom stereocenters. The average Bonchev–Trinajstić information content (AvgIpc) is 3.00. The van der Waals surface area contributed by atoms with Crippen LogP contribution in [0.4, 0.5) is 0 Å². The Bertz CT molecular complexity index is 629. The summed E-state index contributed by atoms with van der Waals surface area (Å²) in [6.45, 7) is 3.10. The van der Waals surface area contributed by atoms with E-state index in [-0.39, 0.29) is 30.6 Å². The van der Waals surface area contributed by atoms with Crippen molar-refractivity contribution >= 4 is 28.3 Å². The summed E-state index contributed by atoms with van der Waals surface area (Å²) in [6, 6.07) is 6.68. The van der Waals surface area contributed by atoms with E-state index in [1.807, 2.05) is 18.2 Å². The maximum absolute atomic E-state index is 12.4. The molecular formula is C15H24ClN3O3S. The lowest BCUT2D eigenvalue weighted by molar-refractivity contribution is -0.122. The SMILES string of the molecule is C[C@@H](N)C(=O)NCc1ccccc1CS(=O)(=O)N1CCCC1.Cl. The van der Waals surface area contributed by atoms with E-state index in [1.54, 1.807) is 17.3 Å². The van der Waals surface area contributed by atoms with Gasteiger partial charge in [-0.2, -0.15) is 0 Å². The second-order valence-electron chi connectivity index (χ2n) is 5.64. The molecule has 8 heteroatoms. The highest BCUT2D eigenvalue weighted by atomic mass is 35.5. The van der Waals surface area contributed by atoms with Crippen LogP contribution < -0.4 is 11.1 Å². The Morgan fingerprint density at radius 1 is 1.26 bits per heavy atom. The summed E-state index contributed by atoms with van der Waals surface area (Å²) in [5, 5.41) is 2.72. The molecule has 1 heterocycles. The van der Waals surface area contributed by atoms with E-state index in [2.05, 4.69) is 5.32 Å². The van der Waals surface area contributed by atoms with Gasteiger partial charge in [0, 0.05) is 19.6 Å². The van der Waals surface area contributed by atoms with Crippen LogP contribution in [0.3, 0.4) is 0 Å². The molecule has 0 aliphatic carbocycles. The van der Waals surface area contributed by atoms with Gasteiger partial charge in [-0.15, -0.1) is 12.4 Å². The van der Waals surface area contributed by atoms with Crippen LogP contribution in [-0.4, -0.2) is 37.8 Å². The fourth-order valence-corrected chi connectivity index (χ4v) is 4.14. The molecule has 23 heavy (non-hydrogen) atoms. The number of carbonyl (C=O) groups is 1. The van der Waals surface area contributed by atoms with Crippen molar-refractivity contribution in [2.75, 3.05) is 13.1 Å². The van der Waals surface area contributed by atoms with Crippen LogP contribution in [0.15, 0.2) is 24.3 Å². The van der Waals surface area contributed by atoms with Crippen molar-refractivity contribution in [1.29, 1.82) is 0 Å². The van der Waals surface area contributed by atoms with Crippen molar-refractivity contribution < 1.29 is 13.2 Å². The third-order valence-electron chi connectivity index (χ3n) is 3.78. The van der Waals surface area contributed by atoms with Crippen molar-refractivity contribution in [2.45, 2.75) is 38.1 Å². The zero-order valence-corrected chi connectivity index (χ0v) is 14.8. The van der Waals surface area contributed by atoms with Crippen molar-refractivity contribution in [3.05, 3.63) is 35.4 Å². The number of nitrogens with two attached hydrogens (primary N) is 1. The predicted octanol–water partition coefficient (Wildman–Crippen LogP) is 0.997. The topological polar surface area (TPSA) is 92.5 Å². The number of rotatable bonds is 6. The number of nitrogens with one attached hydrogen (secondary N) is 1. The summed E-state index contributed by atoms with van der Waals surface area (Å²) in [6.07, 6.45) is 1.84. The van der Waals surface area contributed by atoms with E-state index in [9.17, 15) is 13.2 Å². The highest BCUT2D eigenvalue weighted by Crippen LogP contribution is 2.19. The minimum atomic E-state index is -3.29. The molecule has 1 aromatic carbocycles. The van der Waals surface area contributed by atoms with Crippen LogP contribution >= 0.6 is 12.4 Å². The summed E-state index contributed by atoms with van der Waals surface area (Å²) in [4.78, 5) is 11.6. The normalized spacial score (nSPS) is 16.6. The fraction of sp³-hybridized carbons (Fsp3) is 0.533. The number of hydrogen-bond acceptors (Lipinski definition) is 4. The largest absolute Gasteiger partial charge is 0.351 e. The molecule has 0 spiro atoms. The van der Waals surface area contributed by atoms with Gasteiger partial charge in [0.1, 0.15) is 0 Å². The lowest BCUT2D eigenvalue weighted by atomic mass is 10.1. The van der Waals surface area contributed by atoms with E-state index >= 15 is 0 Å². The maximum Gasteiger partial charge on any atom is 0.236 e. The summed E-state index contributed by atoms with van der Waals surface area (Å²) in [5.74, 6) is -0.283. The molecule has 1 aromatic rings. The molecule has 1 fully saturated rings. The second kappa shape index (κ2) is 8.63. The molecule has 1 amide bonds. The Labute approximate surface area is 143 Å². The van der Waals surface area contributed by atoms with Gasteiger partial charge in [-0.25, -0.2) is 12.7 Å². The molecule has 1 aliphatic rings. The first kappa shape index (κ1) is 19.9. The molecule has 0 radical (unpaired) electrons. The molecular weight excluding hydrogens is 338 g/mol. The molecule has 1 saturated heterocycles. The highest BCUT2D eigenvalue weighted by Gasteiger charge is 2.26. The first-order valence-electron chi connectivity index (χ1n) is 7.48. The van der Waals surface area contributed by atoms with Crippen LogP contribution in [0.25, 0.3) is 0 Å². The predicted molar refractivity (Wildman–Crippen MR) is 92.6 cm³/mol. The molecule has 1 aliphatic heterocycles. The van der Waals surface area contributed by atoms with E-state index in [1.165, 1.54) is 0 Å². The lowest BCUT2D eigenvalue weighted by Crippen LogP contribution is -2.38. The van der Waals surface area contributed by atoms with Gasteiger partial charge in [-0.1, -0.05) is 24.3 Å². The molecule has 2 rings (SSSR count). The molecule has 130 valence electrons. The number of halogens is 1. The number of amides is 1. The molecule has 0 bridgehead atoms. The van der Waals surface area contributed by atoms with Crippen molar-refractivity contribution in [1.82, 2.24) is 9.62 Å². The number of benzene rings is 1. The Morgan fingerprint density at radius 3 is 2.39 bits per heavy atom. The average molecular weight is 362 g/mol. The van der Waals surface area contributed by atoms with Gasteiger partial charge in [0.15, 0.2) is 0 Å². The second-order valence-corrected chi connectivity index (χ2v) is 7.61. The quantitative estimate of drug-likeness (QED) is 0.790. The monoisotopic (exact) mass is 361 g/mol. The zero-order valence-electron chi connectivity index (χ0n) is 13.2. The molecule has 3 N–H and O–H groups in total. The summed E-state index contributed by atoms with van der Waals surface area (Å²) < 4.78 is 26.4. The van der Waals surface area contributed by atoms with Crippen LogP contribution in [-0.2, 0) is 27.1 Å². The zero-order chi connectivity index (χ0) is 16.2. The molecule has 0 unspecified atom stereocenters. The number of nitrogens with zero attached hydrogens (tertiary/aromatic N) is 1. The standard InChI is InChI=1S/C15H23N3O3S.ClH/c1-12(16)15(19)17-10-13-6-2-3-7-14(13)11-22(20,21)18-8-4-5-9-18;/h2-3,6-7,12H,4-5,8-11,16H2,1H3,(H,17,19);1H/t12-;/m1./s1. The number of carbonyl (C=O) groups excluding carboxylic acids is 1. The first-order chi connectivity index (χ1) is 10.4. The van der Waals surface area contributed by atoms with E-state index in [0.29, 0.717) is 13.1 Å². The van der Waals surface area contributed by atoms with Crippen molar-refractivity contribution in [3.8, 4) is 0 Å². The third kappa shape index (κ3) is 5.46. The fourth-order valence-electron chi connectivity index (χ4n) is 2.47. The smallest absolute Gasteiger partial charge is 0.236 e. The van der Waals surface area contributed by atoms with Gasteiger partial charge in [0.05, 0.1) is 11.8 Å². The highest BCUT2D eigenvalue weighted by molar-refractivity contribution is 7.88. The van der Waals surface area contributed by atoms with Crippen LogP contribution in [0.5, 0.6) is 0 Å². The third-order valence-corrected chi connectivity index (χ3v) is 5.61. The summed E-state index contributed by atoms with van der Waals surface area (Å²) >= 11 is 0. The number of hydrogen-bond donors (Lipinski definition) is 2. The summed E-state index contributed by atoms with van der Waals surface area (Å²) in [5.41, 5.74) is 7.03. The molecule has 0 aromatic heterocycles. The van der Waals surface area contributed by atoms with Gasteiger partial charge >= 0.3 is 0 Å². The van der Waals surface area contributed by atoms with E-state index < -0.39 is 16.1 Å². The van der Waals surface area contributed by atoms with Crippen LogP contribution in [0, 0.1) is 0 Å². The van der Waals surface area contributed by atoms with Crippen LogP contribution in [0.2, 0.25) is 0 Å². The Balaban J connectivity index is 0.00000264. The molecule has 0 saturated carbocycles. The Kier molecular flexibility index (Phi) is 7.47. The minimum absolute atomic E-state index is 0. The molecule has 6 nitrogen and oxygen atoms in total. The first-order valence-corrected chi connectivity index (χ1v) is 9.09.